The monoisotopic (exact) mass is 417 g/mol. The van der Waals surface area contributed by atoms with Crippen LogP contribution in [-0.4, -0.2) is 58.5 Å². The van der Waals surface area contributed by atoms with Crippen LogP contribution in [0.25, 0.3) is 5.52 Å². The van der Waals surface area contributed by atoms with Gasteiger partial charge in [0, 0.05) is 25.7 Å². The number of hydrogen-bond acceptors (Lipinski definition) is 7. The molecular weight excluding hydrogens is 394 g/mol. The summed E-state index contributed by atoms with van der Waals surface area (Å²) in [5, 5.41) is 19.0. The van der Waals surface area contributed by atoms with Crippen LogP contribution >= 0.6 is 12.4 Å². The van der Waals surface area contributed by atoms with Gasteiger partial charge in [0.15, 0.2) is 11.6 Å². The summed E-state index contributed by atoms with van der Waals surface area (Å²) in [6.45, 7) is 6.71. The zero-order chi connectivity index (χ0) is 19.7. The smallest absolute Gasteiger partial charge is 0.260 e. The molecule has 1 atom stereocenters. The highest BCUT2D eigenvalue weighted by Crippen LogP contribution is 2.22. The van der Waals surface area contributed by atoms with E-state index in [2.05, 4.69) is 37.8 Å². The molecule has 3 aromatic rings. The first kappa shape index (κ1) is 20.8. The fourth-order valence-corrected chi connectivity index (χ4v) is 3.37. The van der Waals surface area contributed by atoms with Crippen LogP contribution in [-0.2, 0) is 0 Å². The third-order valence-corrected chi connectivity index (χ3v) is 4.73. The number of piperazine rings is 1. The van der Waals surface area contributed by atoms with Crippen molar-refractivity contribution in [3.05, 3.63) is 41.7 Å². The van der Waals surface area contributed by atoms with Gasteiger partial charge in [0.1, 0.15) is 5.75 Å². The summed E-state index contributed by atoms with van der Waals surface area (Å²) in [6.07, 6.45) is 1.69. The van der Waals surface area contributed by atoms with Crippen LogP contribution in [0.15, 0.2) is 30.5 Å². The van der Waals surface area contributed by atoms with Crippen LogP contribution in [0.4, 0.5) is 11.6 Å². The maximum atomic E-state index is 12.8. The molecule has 3 aromatic heterocycles. The van der Waals surface area contributed by atoms with Gasteiger partial charge in [-0.2, -0.15) is 5.10 Å². The van der Waals surface area contributed by atoms with Gasteiger partial charge in [0.05, 0.1) is 30.1 Å². The summed E-state index contributed by atoms with van der Waals surface area (Å²) in [5.41, 5.74) is 2.10. The van der Waals surface area contributed by atoms with E-state index in [0.29, 0.717) is 23.2 Å². The first-order valence-electron chi connectivity index (χ1n) is 9.21. The van der Waals surface area contributed by atoms with E-state index in [0.717, 1.165) is 36.7 Å². The Bertz CT molecular complexity index is 1010. The summed E-state index contributed by atoms with van der Waals surface area (Å²) in [6, 6.07) is 7.70. The molecule has 1 aliphatic heterocycles. The number of hydrogen-bond donors (Lipinski definition) is 2. The molecule has 1 amide bonds. The zero-order valence-corrected chi connectivity index (χ0v) is 17.4. The van der Waals surface area contributed by atoms with Crippen molar-refractivity contribution >= 4 is 35.5 Å². The summed E-state index contributed by atoms with van der Waals surface area (Å²) in [4.78, 5) is 14.9. The first-order valence-corrected chi connectivity index (χ1v) is 9.21. The van der Waals surface area contributed by atoms with Gasteiger partial charge in [-0.05, 0) is 38.1 Å². The van der Waals surface area contributed by atoms with Crippen molar-refractivity contribution in [2.45, 2.75) is 19.9 Å². The Labute approximate surface area is 174 Å². The summed E-state index contributed by atoms with van der Waals surface area (Å²) < 4.78 is 7.05. The van der Waals surface area contributed by atoms with Crippen LogP contribution in [0.2, 0.25) is 0 Å². The van der Waals surface area contributed by atoms with E-state index < -0.39 is 0 Å². The second-order valence-corrected chi connectivity index (χ2v) is 6.94. The van der Waals surface area contributed by atoms with Crippen LogP contribution < -0.4 is 20.3 Å². The van der Waals surface area contributed by atoms with Crippen LogP contribution in [0.5, 0.6) is 5.75 Å². The number of methoxy groups -OCH3 is 1. The maximum Gasteiger partial charge on any atom is 0.260 e. The summed E-state index contributed by atoms with van der Waals surface area (Å²) >= 11 is 0. The second kappa shape index (κ2) is 8.62. The van der Waals surface area contributed by atoms with Crippen molar-refractivity contribution in [2.24, 2.45) is 0 Å². The summed E-state index contributed by atoms with van der Waals surface area (Å²) in [5.74, 6) is 1.33. The molecule has 4 rings (SSSR count). The number of carbonyl (C=O) groups excluding carboxylic acids is 1. The average molecular weight is 418 g/mol. The lowest BCUT2D eigenvalue weighted by Crippen LogP contribution is -2.49. The van der Waals surface area contributed by atoms with Gasteiger partial charge >= 0.3 is 0 Å². The molecule has 1 fully saturated rings. The number of anilines is 2. The number of nitrogens with zero attached hydrogens (tertiary/aromatic N) is 5. The number of fused-ring (bicyclic) bond motifs is 1. The van der Waals surface area contributed by atoms with Gasteiger partial charge in [0.2, 0.25) is 0 Å². The van der Waals surface area contributed by atoms with Crippen molar-refractivity contribution in [1.82, 2.24) is 25.1 Å². The first-order chi connectivity index (χ1) is 13.5. The average Bonchev–Trinajstić information content (AvgIpc) is 3.06. The van der Waals surface area contributed by atoms with Crippen molar-refractivity contribution in [3.8, 4) is 5.75 Å². The largest absolute Gasteiger partial charge is 0.494 e. The van der Waals surface area contributed by atoms with E-state index in [1.54, 1.807) is 22.8 Å². The molecule has 0 radical (unpaired) electrons. The number of pyridine rings is 1. The Morgan fingerprint density at radius 3 is 2.83 bits per heavy atom. The van der Waals surface area contributed by atoms with Crippen molar-refractivity contribution in [3.63, 3.8) is 0 Å². The van der Waals surface area contributed by atoms with E-state index in [4.69, 9.17) is 4.74 Å². The van der Waals surface area contributed by atoms with Crippen molar-refractivity contribution in [1.29, 1.82) is 0 Å². The topological polar surface area (TPSA) is 96.7 Å². The van der Waals surface area contributed by atoms with Crippen LogP contribution in [0.3, 0.4) is 0 Å². The maximum absolute atomic E-state index is 12.8. The molecule has 9 nitrogen and oxygen atoms in total. The predicted molar refractivity (Wildman–Crippen MR) is 113 cm³/mol. The lowest BCUT2D eigenvalue weighted by Gasteiger charge is -2.32. The third kappa shape index (κ3) is 4.41. The predicted octanol–water partition coefficient (Wildman–Crippen LogP) is 1.91. The van der Waals surface area contributed by atoms with E-state index in [1.165, 1.54) is 7.11 Å². The number of amides is 1. The minimum Gasteiger partial charge on any atom is -0.494 e. The molecule has 0 aromatic carbocycles. The van der Waals surface area contributed by atoms with E-state index >= 15 is 0 Å². The molecule has 0 bridgehead atoms. The van der Waals surface area contributed by atoms with E-state index in [1.807, 2.05) is 19.1 Å². The van der Waals surface area contributed by atoms with Gasteiger partial charge in [-0.25, -0.2) is 4.52 Å². The Balaban J connectivity index is 0.00000240. The van der Waals surface area contributed by atoms with E-state index in [9.17, 15) is 4.79 Å². The quantitative estimate of drug-likeness (QED) is 0.669. The SMILES string of the molecule is COc1cn2nc(C)cc2cc1C(=O)Nc1ccc(N2CCN[C@@H](C)C2)nn1.Cl. The fourth-order valence-electron chi connectivity index (χ4n) is 3.37. The molecule has 29 heavy (non-hydrogen) atoms. The fraction of sp³-hybridized carbons (Fsp3) is 0.368. The van der Waals surface area contributed by atoms with Gasteiger partial charge in [-0.15, -0.1) is 22.6 Å². The highest BCUT2D eigenvalue weighted by Gasteiger charge is 2.18. The Kier molecular flexibility index (Phi) is 6.19. The molecule has 0 aliphatic carbocycles. The minimum atomic E-state index is -0.309. The molecule has 10 heteroatoms. The standard InChI is InChI=1S/C19H23N7O2.ClH/c1-12-8-14-9-15(16(28-3)11-26(14)24-12)19(27)21-17-4-5-18(23-22-17)25-7-6-20-13(2)10-25;/h4-5,8-9,11,13,20H,6-7,10H2,1-3H3,(H,21,22,27);1H/t13-;/m0./s1. The van der Waals surface area contributed by atoms with Crippen molar-refractivity contribution in [2.75, 3.05) is 37.0 Å². The lowest BCUT2D eigenvalue weighted by atomic mass is 10.2. The number of halogens is 1. The summed E-state index contributed by atoms with van der Waals surface area (Å²) in [7, 11) is 1.53. The molecule has 0 unspecified atom stereocenters. The normalized spacial score (nSPS) is 16.4. The zero-order valence-electron chi connectivity index (χ0n) is 16.5. The highest BCUT2D eigenvalue weighted by atomic mass is 35.5. The number of nitrogens with one attached hydrogen (secondary N) is 2. The molecule has 154 valence electrons. The molecule has 0 saturated carbocycles. The molecule has 2 N–H and O–H groups in total. The molecule has 4 heterocycles. The Morgan fingerprint density at radius 1 is 1.31 bits per heavy atom. The number of aryl methyl sites for hydroxylation is 1. The third-order valence-electron chi connectivity index (χ3n) is 4.73. The highest BCUT2D eigenvalue weighted by molar-refractivity contribution is 6.06. The molecule has 0 spiro atoms. The van der Waals surface area contributed by atoms with Crippen LogP contribution in [0.1, 0.15) is 23.0 Å². The molecule has 1 aliphatic rings. The number of carbonyl (C=O) groups is 1. The Hall–Kier alpha value is -2.91. The number of aromatic nitrogens is 4. The lowest BCUT2D eigenvalue weighted by molar-refractivity contribution is 0.102. The second-order valence-electron chi connectivity index (χ2n) is 6.94. The van der Waals surface area contributed by atoms with Gasteiger partial charge < -0.3 is 20.3 Å². The van der Waals surface area contributed by atoms with E-state index in [-0.39, 0.29) is 18.3 Å². The Morgan fingerprint density at radius 2 is 2.14 bits per heavy atom. The van der Waals surface area contributed by atoms with Gasteiger partial charge in [-0.3, -0.25) is 4.79 Å². The number of rotatable bonds is 4. The van der Waals surface area contributed by atoms with Crippen molar-refractivity contribution < 1.29 is 9.53 Å². The number of ether oxygens (including phenoxy) is 1. The van der Waals surface area contributed by atoms with Gasteiger partial charge in [-0.1, -0.05) is 0 Å². The van der Waals surface area contributed by atoms with Crippen LogP contribution in [0, 0.1) is 6.92 Å². The molecule has 1 saturated heterocycles. The van der Waals surface area contributed by atoms with Gasteiger partial charge in [0.25, 0.3) is 5.91 Å². The minimum absolute atomic E-state index is 0. The molecular formula is C19H24ClN7O2.